The Bertz CT molecular complexity index is 1020. The fourth-order valence-corrected chi connectivity index (χ4v) is 3.22. The molecule has 0 atom stereocenters. The Kier molecular flexibility index (Phi) is 6.38. The topological polar surface area (TPSA) is 70.1 Å². The van der Waals surface area contributed by atoms with Crippen LogP contribution in [-0.2, 0) is 0 Å². The summed E-state index contributed by atoms with van der Waals surface area (Å²) in [6, 6.07) is 7.58. The summed E-state index contributed by atoms with van der Waals surface area (Å²) in [5.41, 5.74) is 1.89. The molecular weight excluding hydrogens is 378 g/mol. The SMILES string of the molecule is CF.Cc1nc(N2CCN(C)CC2)ncc1-c1cc(=O)n(-c2ccccc2F)[nH]1. The van der Waals surface area contributed by atoms with E-state index < -0.39 is 5.82 Å². The van der Waals surface area contributed by atoms with E-state index in [1.54, 1.807) is 24.4 Å². The summed E-state index contributed by atoms with van der Waals surface area (Å²) in [4.78, 5) is 25.9. The second kappa shape index (κ2) is 8.95. The molecule has 9 heteroatoms. The van der Waals surface area contributed by atoms with E-state index in [1.807, 2.05) is 6.92 Å². The van der Waals surface area contributed by atoms with Crippen molar-refractivity contribution in [2.24, 2.45) is 0 Å². The van der Waals surface area contributed by atoms with Crippen molar-refractivity contribution in [3.63, 3.8) is 0 Å². The fraction of sp³-hybridized carbons (Fsp3) is 0.350. The molecule has 29 heavy (non-hydrogen) atoms. The predicted molar refractivity (Wildman–Crippen MR) is 109 cm³/mol. The van der Waals surface area contributed by atoms with Gasteiger partial charge in [-0.3, -0.25) is 14.3 Å². The summed E-state index contributed by atoms with van der Waals surface area (Å²) in [6.07, 6.45) is 1.72. The highest BCUT2D eigenvalue weighted by Crippen LogP contribution is 2.22. The molecule has 1 N–H and O–H groups in total. The van der Waals surface area contributed by atoms with Crippen LogP contribution in [0.15, 0.2) is 41.3 Å². The maximum absolute atomic E-state index is 14.0. The Hall–Kier alpha value is -3.07. The van der Waals surface area contributed by atoms with E-state index >= 15 is 0 Å². The van der Waals surface area contributed by atoms with Crippen molar-refractivity contribution in [3.8, 4) is 16.9 Å². The molecule has 1 aliphatic rings. The van der Waals surface area contributed by atoms with Crippen molar-refractivity contribution in [1.82, 2.24) is 24.6 Å². The van der Waals surface area contributed by atoms with Crippen LogP contribution in [0.5, 0.6) is 0 Å². The number of likely N-dealkylation sites (N-methyl/N-ethyl adjacent to an activating group) is 1. The van der Waals surface area contributed by atoms with Crippen LogP contribution in [0.1, 0.15) is 5.69 Å². The highest BCUT2D eigenvalue weighted by molar-refractivity contribution is 5.61. The average molecular weight is 402 g/mol. The smallest absolute Gasteiger partial charge is 0.271 e. The number of halogens is 2. The van der Waals surface area contributed by atoms with Gasteiger partial charge in [0.1, 0.15) is 11.5 Å². The van der Waals surface area contributed by atoms with Gasteiger partial charge in [0.05, 0.1) is 18.6 Å². The van der Waals surface area contributed by atoms with E-state index in [9.17, 15) is 13.6 Å². The molecule has 0 spiro atoms. The standard InChI is InChI=1S/C19H21FN6O.CH3F/c1-13-14(12-21-19(22-13)25-9-7-24(2)8-10-25)16-11-18(27)26(23-16)17-6-4-3-5-15(17)20;1-2/h3-6,11-12,23H,7-10H2,1-2H3;1H3. The van der Waals surface area contributed by atoms with E-state index in [-0.39, 0.29) is 11.2 Å². The number of nitrogens with zero attached hydrogens (tertiary/aromatic N) is 5. The van der Waals surface area contributed by atoms with E-state index in [2.05, 4.69) is 31.9 Å². The van der Waals surface area contributed by atoms with Gasteiger partial charge in [-0.2, -0.15) is 0 Å². The van der Waals surface area contributed by atoms with Crippen LogP contribution >= 0.6 is 0 Å². The van der Waals surface area contributed by atoms with Crippen LogP contribution in [0.2, 0.25) is 0 Å². The van der Waals surface area contributed by atoms with Gasteiger partial charge in [-0.1, -0.05) is 12.1 Å². The van der Waals surface area contributed by atoms with Crippen LogP contribution in [-0.4, -0.2) is 65.1 Å². The number of H-pyrrole nitrogens is 1. The lowest BCUT2D eigenvalue weighted by atomic mass is 10.2. The lowest BCUT2D eigenvalue weighted by Crippen LogP contribution is -2.45. The van der Waals surface area contributed by atoms with Crippen molar-refractivity contribution in [2.75, 3.05) is 45.3 Å². The summed E-state index contributed by atoms with van der Waals surface area (Å²) < 4.78 is 24.7. The summed E-state index contributed by atoms with van der Waals surface area (Å²) in [5, 5.41) is 2.96. The van der Waals surface area contributed by atoms with Gasteiger partial charge in [-0.15, -0.1) is 0 Å². The summed E-state index contributed by atoms with van der Waals surface area (Å²) in [7, 11) is 2.60. The first-order valence-electron chi connectivity index (χ1n) is 9.25. The summed E-state index contributed by atoms with van der Waals surface area (Å²) in [5.74, 6) is 0.228. The van der Waals surface area contributed by atoms with Gasteiger partial charge in [0, 0.05) is 44.0 Å². The number of para-hydroxylation sites is 1. The first kappa shape index (κ1) is 20.7. The first-order chi connectivity index (χ1) is 14.0. The largest absolute Gasteiger partial charge is 0.338 e. The number of rotatable bonds is 3. The Labute approximate surface area is 167 Å². The molecular formula is C20H24F2N6O. The second-order valence-electron chi connectivity index (χ2n) is 6.75. The van der Waals surface area contributed by atoms with Crippen LogP contribution in [0.3, 0.4) is 0 Å². The van der Waals surface area contributed by atoms with Gasteiger partial charge >= 0.3 is 0 Å². The predicted octanol–water partition coefficient (Wildman–Crippen LogP) is 2.41. The molecule has 4 rings (SSSR count). The number of hydrogen-bond acceptors (Lipinski definition) is 5. The number of anilines is 1. The summed E-state index contributed by atoms with van der Waals surface area (Å²) >= 11 is 0. The Morgan fingerprint density at radius 2 is 1.79 bits per heavy atom. The zero-order valence-corrected chi connectivity index (χ0v) is 16.7. The van der Waals surface area contributed by atoms with E-state index in [1.165, 1.54) is 16.8 Å². The molecule has 1 aromatic carbocycles. The highest BCUT2D eigenvalue weighted by Gasteiger charge is 2.18. The number of aryl methyl sites for hydroxylation is 1. The molecule has 0 radical (unpaired) electrons. The minimum absolute atomic E-state index is 0.182. The third-order valence-electron chi connectivity index (χ3n) is 4.86. The fourth-order valence-electron chi connectivity index (χ4n) is 3.22. The number of piperazine rings is 1. The maximum atomic E-state index is 14.0. The third kappa shape index (κ3) is 4.34. The van der Waals surface area contributed by atoms with Crippen molar-refractivity contribution in [2.45, 2.75) is 6.92 Å². The molecule has 0 bridgehead atoms. The van der Waals surface area contributed by atoms with Gasteiger partial charge in [0.2, 0.25) is 5.95 Å². The third-order valence-corrected chi connectivity index (χ3v) is 4.86. The first-order valence-corrected chi connectivity index (χ1v) is 9.25. The molecule has 1 aliphatic heterocycles. The highest BCUT2D eigenvalue weighted by atomic mass is 19.1. The van der Waals surface area contributed by atoms with Gasteiger partial charge in [0.25, 0.3) is 5.56 Å². The van der Waals surface area contributed by atoms with Gasteiger partial charge in [0.15, 0.2) is 0 Å². The van der Waals surface area contributed by atoms with Gasteiger partial charge in [-0.25, -0.2) is 19.0 Å². The number of aromatic nitrogens is 4. The minimum Gasteiger partial charge on any atom is -0.338 e. The van der Waals surface area contributed by atoms with Crippen molar-refractivity contribution in [3.05, 3.63) is 58.4 Å². The van der Waals surface area contributed by atoms with Gasteiger partial charge < -0.3 is 9.80 Å². The molecule has 154 valence electrons. The molecule has 1 fully saturated rings. The van der Waals surface area contributed by atoms with Crippen LogP contribution in [0.25, 0.3) is 16.9 Å². The molecule has 2 aromatic heterocycles. The van der Waals surface area contributed by atoms with Crippen LogP contribution < -0.4 is 10.5 Å². The molecule has 0 saturated carbocycles. The molecule has 7 nitrogen and oxygen atoms in total. The molecule has 0 unspecified atom stereocenters. The molecule has 1 saturated heterocycles. The van der Waals surface area contributed by atoms with E-state index in [0.29, 0.717) is 18.8 Å². The monoisotopic (exact) mass is 402 g/mol. The Morgan fingerprint density at radius 1 is 1.10 bits per heavy atom. The zero-order valence-electron chi connectivity index (χ0n) is 16.7. The van der Waals surface area contributed by atoms with Crippen LogP contribution in [0.4, 0.5) is 14.7 Å². The minimum atomic E-state index is -0.466. The lowest BCUT2D eigenvalue weighted by molar-refractivity contribution is 0.311. The molecule has 3 heterocycles. The molecule has 0 amide bonds. The van der Waals surface area contributed by atoms with Crippen LogP contribution in [0, 0.1) is 12.7 Å². The Balaban J connectivity index is 0.00000117. The number of hydrogen-bond donors (Lipinski definition) is 1. The normalized spacial score (nSPS) is 14.4. The quantitative estimate of drug-likeness (QED) is 0.729. The molecule has 3 aromatic rings. The van der Waals surface area contributed by atoms with Crippen molar-refractivity contribution < 1.29 is 8.78 Å². The summed E-state index contributed by atoms with van der Waals surface area (Å²) in [6.45, 7) is 5.60. The number of aromatic amines is 1. The second-order valence-corrected chi connectivity index (χ2v) is 6.75. The number of alkyl halides is 1. The lowest BCUT2D eigenvalue weighted by Gasteiger charge is -2.32. The van der Waals surface area contributed by atoms with E-state index in [0.717, 1.165) is 37.4 Å². The maximum Gasteiger partial charge on any atom is 0.271 e. The molecule has 0 aliphatic carbocycles. The van der Waals surface area contributed by atoms with Gasteiger partial charge in [-0.05, 0) is 26.1 Å². The number of benzene rings is 1. The van der Waals surface area contributed by atoms with Crippen molar-refractivity contribution in [1.29, 1.82) is 0 Å². The van der Waals surface area contributed by atoms with E-state index in [4.69, 9.17) is 0 Å². The average Bonchev–Trinajstić information content (AvgIpc) is 3.11. The number of nitrogens with one attached hydrogen (secondary N) is 1. The van der Waals surface area contributed by atoms with Crippen molar-refractivity contribution >= 4 is 5.95 Å². The zero-order chi connectivity index (χ0) is 21.0. The Morgan fingerprint density at radius 3 is 2.45 bits per heavy atom.